The molecule has 0 saturated carbocycles. The van der Waals surface area contributed by atoms with Crippen molar-refractivity contribution in [2.45, 2.75) is 45.6 Å². The normalized spacial score (nSPS) is 22.1. The summed E-state index contributed by atoms with van der Waals surface area (Å²) >= 11 is 8.13. The van der Waals surface area contributed by atoms with Gasteiger partial charge < -0.3 is 9.64 Å². The fourth-order valence-electron chi connectivity index (χ4n) is 4.56. The van der Waals surface area contributed by atoms with E-state index in [1.54, 1.807) is 4.90 Å². The number of benzene rings is 2. The summed E-state index contributed by atoms with van der Waals surface area (Å²) < 4.78 is 5.51. The number of carbonyl (C=O) groups is 1. The fourth-order valence-corrected chi connectivity index (χ4v) is 5.79. The number of aliphatic imine (C=N–C) groups is 1. The van der Waals surface area contributed by atoms with Gasteiger partial charge >= 0.3 is 0 Å². The smallest absolute Gasteiger partial charge is 0.266 e. The number of ether oxygens (including phenoxy) is 1. The number of para-hydroxylation sites is 1. The molecule has 2 heterocycles. The van der Waals surface area contributed by atoms with E-state index >= 15 is 0 Å². The van der Waals surface area contributed by atoms with Crippen molar-refractivity contribution >= 4 is 51.9 Å². The van der Waals surface area contributed by atoms with Crippen LogP contribution < -0.4 is 4.90 Å². The monoisotopic (exact) mass is 497 g/mol. The second-order valence-electron chi connectivity index (χ2n) is 9.40. The summed E-state index contributed by atoms with van der Waals surface area (Å²) in [6, 6.07) is 13.9. The average molecular weight is 498 g/mol. The molecule has 1 amide bonds. The van der Waals surface area contributed by atoms with Crippen LogP contribution in [0.1, 0.15) is 51.2 Å². The van der Waals surface area contributed by atoms with Gasteiger partial charge in [0.05, 0.1) is 23.7 Å². The molecule has 2 aliphatic rings. The first-order chi connectivity index (χ1) is 16.2. The van der Waals surface area contributed by atoms with Crippen molar-refractivity contribution in [3.05, 3.63) is 63.5 Å². The van der Waals surface area contributed by atoms with E-state index in [1.807, 2.05) is 49.4 Å². The molecule has 1 unspecified atom stereocenters. The van der Waals surface area contributed by atoms with E-state index in [0.29, 0.717) is 40.8 Å². The van der Waals surface area contributed by atoms with Crippen LogP contribution in [-0.4, -0.2) is 48.3 Å². The molecular weight excluding hydrogens is 466 g/mol. The van der Waals surface area contributed by atoms with Crippen molar-refractivity contribution < 1.29 is 9.53 Å². The number of amides is 1. The molecule has 0 bridgehead atoms. The number of rotatable bonds is 6. The number of hydrogen-bond donors (Lipinski definition) is 0. The van der Waals surface area contributed by atoms with Crippen LogP contribution in [0.15, 0.2) is 52.4 Å². The first kappa shape index (κ1) is 24.8. The number of hydrogen-bond acceptors (Lipinski definition) is 5. The Bertz CT molecular complexity index is 1130. The third-order valence-corrected chi connectivity index (χ3v) is 7.90. The number of nitrogens with zero attached hydrogens (tertiary/aromatic N) is 3. The van der Waals surface area contributed by atoms with Gasteiger partial charge in [-0.2, -0.15) is 0 Å². The molecule has 0 radical (unpaired) electrons. The average Bonchev–Trinajstić information content (AvgIpc) is 3.08. The summed E-state index contributed by atoms with van der Waals surface area (Å²) in [5.41, 5.74) is 4.16. The zero-order valence-electron chi connectivity index (χ0n) is 20.5. The molecule has 1 atom stereocenters. The van der Waals surface area contributed by atoms with E-state index in [2.05, 4.69) is 38.8 Å². The highest BCUT2D eigenvalue weighted by Crippen LogP contribution is 2.45. The molecule has 7 heteroatoms. The molecule has 1 fully saturated rings. The number of thioether (sulfide) groups is 1. The standard InChI is InChI=1S/C27H32ClN3O2S/c1-6-33-13-12-31-25(32)24(34-26(31)29-20-10-8-7-9-11-20)15-19-14-21-18(2)17-27(3,4)30(5)23(21)16-22(19)28/h7-11,14-16,18H,6,12-13,17H2,1-5H3/b24-15+,29-26?. The topological polar surface area (TPSA) is 45.1 Å². The van der Waals surface area contributed by atoms with E-state index in [4.69, 9.17) is 21.3 Å². The Morgan fingerprint density at radius 2 is 2.00 bits per heavy atom. The number of anilines is 1. The minimum atomic E-state index is -0.0699. The molecule has 5 nitrogen and oxygen atoms in total. The van der Waals surface area contributed by atoms with Gasteiger partial charge in [-0.15, -0.1) is 0 Å². The largest absolute Gasteiger partial charge is 0.380 e. The summed E-state index contributed by atoms with van der Waals surface area (Å²) in [5.74, 6) is 0.333. The highest BCUT2D eigenvalue weighted by atomic mass is 35.5. The highest BCUT2D eigenvalue weighted by molar-refractivity contribution is 8.18. The van der Waals surface area contributed by atoms with Crippen LogP contribution in [0.3, 0.4) is 0 Å². The van der Waals surface area contributed by atoms with Crippen LogP contribution in [0.2, 0.25) is 5.02 Å². The number of carbonyl (C=O) groups excluding carboxylic acids is 1. The van der Waals surface area contributed by atoms with E-state index in [1.165, 1.54) is 17.3 Å². The zero-order chi connectivity index (χ0) is 24.5. The first-order valence-corrected chi connectivity index (χ1v) is 12.9. The summed E-state index contributed by atoms with van der Waals surface area (Å²) in [5, 5.41) is 1.30. The van der Waals surface area contributed by atoms with Gasteiger partial charge in [0.1, 0.15) is 0 Å². The molecule has 34 heavy (non-hydrogen) atoms. The lowest BCUT2D eigenvalue weighted by Crippen LogP contribution is -2.45. The van der Waals surface area contributed by atoms with Gasteiger partial charge in [-0.1, -0.05) is 36.7 Å². The SMILES string of the molecule is CCOCCN1C(=O)/C(=C\c2cc3c(cc2Cl)N(C)C(C)(C)CC3C)SC1=Nc1ccccc1. The van der Waals surface area contributed by atoms with Crippen molar-refractivity contribution in [3.63, 3.8) is 0 Å². The zero-order valence-corrected chi connectivity index (χ0v) is 22.0. The molecule has 1 saturated heterocycles. The minimum Gasteiger partial charge on any atom is -0.380 e. The highest BCUT2D eigenvalue weighted by Gasteiger charge is 2.36. The van der Waals surface area contributed by atoms with Crippen molar-refractivity contribution in [2.24, 2.45) is 4.99 Å². The maximum Gasteiger partial charge on any atom is 0.266 e. The molecular formula is C27H32ClN3O2S. The van der Waals surface area contributed by atoms with Gasteiger partial charge in [-0.25, -0.2) is 4.99 Å². The molecule has 4 rings (SSSR count). The van der Waals surface area contributed by atoms with E-state index in [0.717, 1.165) is 23.4 Å². The quantitative estimate of drug-likeness (QED) is 0.329. The van der Waals surface area contributed by atoms with Gasteiger partial charge in [0, 0.05) is 29.9 Å². The number of halogens is 1. The second-order valence-corrected chi connectivity index (χ2v) is 10.8. The second kappa shape index (κ2) is 10.1. The van der Waals surface area contributed by atoms with E-state index in [9.17, 15) is 4.79 Å². The molecule has 0 N–H and O–H groups in total. The molecule has 0 aliphatic carbocycles. The van der Waals surface area contributed by atoms with E-state index in [-0.39, 0.29) is 11.4 Å². The lowest BCUT2D eigenvalue weighted by molar-refractivity contribution is -0.122. The van der Waals surface area contributed by atoms with Crippen LogP contribution in [0.4, 0.5) is 11.4 Å². The van der Waals surface area contributed by atoms with Crippen LogP contribution in [0, 0.1) is 0 Å². The maximum absolute atomic E-state index is 13.4. The number of fused-ring (bicyclic) bond motifs is 1. The molecule has 0 spiro atoms. The molecule has 2 aromatic carbocycles. The first-order valence-electron chi connectivity index (χ1n) is 11.7. The third kappa shape index (κ3) is 5.04. The Morgan fingerprint density at radius 1 is 1.26 bits per heavy atom. The lowest BCUT2D eigenvalue weighted by Gasteiger charge is -2.45. The van der Waals surface area contributed by atoms with Crippen LogP contribution >= 0.6 is 23.4 Å². The van der Waals surface area contributed by atoms with Crippen LogP contribution in [0.5, 0.6) is 0 Å². The van der Waals surface area contributed by atoms with Gasteiger partial charge in [0.2, 0.25) is 0 Å². The molecule has 2 aliphatic heterocycles. The summed E-state index contributed by atoms with van der Waals surface area (Å²) in [6.07, 6.45) is 2.96. The Balaban J connectivity index is 1.69. The maximum atomic E-state index is 13.4. The summed E-state index contributed by atoms with van der Waals surface area (Å²) in [4.78, 5) is 22.7. The van der Waals surface area contributed by atoms with Crippen LogP contribution in [0.25, 0.3) is 6.08 Å². The minimum absolute atomic E-state index is 0.0663. The van der Waals surface area contributed by atoms with Gasteiger partial charge in [-0.05, 0) is 86.3 Å². The van der Waals surface area contributed by atoms with Gasteiger partial charge in [0.25, 0.3) is 5.91 Å². The van der Waals surface area contributed by atoms with Gasteiger partial charge in [0.15, 0.2) is 5.17 Å². The van der Waals surface area contributed by atoms with Crippen molar-refractivity contribution in [1.82, 2.24) is 4.90 Å². The van der Waals surface area contributed by atoms with E-state index < -0.39 is 0 Å². The molecule has 0 aromatic heterocycles. The predicted molar refractivity (Wildman–Crippen MR) is 144 cm³/mol. The molecule has 2 aromatic rings. The molecule has 180 valence electrons. The predicted octanol–water partition coefficient (Wildman–Crippen LogP) is 6.70. The van der Waals surface area contributed by atoms with Crippen molar-refractivity contribution in [1.29, 1.82) is 0 Å². The Morgan fingerprint density at radius 3 is 2.71 bits per heavy atom. The summed E-state index contributed by atoms with van der Waals surface area (Å²) in [6.45, 7) is 10.2. The summed E-state index contributed by atoms with van der Waals surface area (Å²) in [7, 11) is 2.12. The lowest BCUT2D eigenvalue weighted by atomic mass is 9.80. The van der Waals surface area contributed by atoms with Gasteiger partial charge in [-0.3, -0.25) is 9.69 Å². The van der Waals surface area contributed by atoms with Crippen LogP contribution in [-0.2, 0) is 9.53 Å². The Kier molecular flexibility index (Phi) is 7.41. The fraction of sp³-hybridized carbons (Fsp3) is 0.407. The Labute approximate surface area is 211 Å². The van der Waals surface area contributed by atoms with Crippen molar-refractivity contribution in [2.75, 3.05) is 31.7 Å². The third-order valence-electron chi connectivity index (χ3n) is 6.57. The Hall–Kier alpha value is -2.28. The van der Waals surface area contributed by atoms with Crippen molar-refractivity contribution in [3.8, 4) is 0 Å². The number of amidine groups is 1.